The average molecular weight is 352 g/mol. The van der Waals surface area contributed by atoms with E-state index in [2.05, 4.69) is 6.08 Å². The lowest BCUT2D eigenvalue weighted by molar-refractivity contribution is 0.0697. The Kier molecular flexibility index (Phi) is 5.95. The van der Waals surface area contributed by atoms with Crippen molar-refractivity contribution >= 4 is 11.5 Å². The van der Waals surface area contributed by atoms with E-state index in [-0.39, 0.29) is 11.3 Å². The minimum atomic E-state index is -0.948. The molecule has 0 saturated heterocycles. The van der Waals surface area contributed by atoms with Crippen LogP contribution in [0.3, 0.4) is 0 Å². The van der Waals surface area contributed by atoms with Crippen molar-refractivity contribution in [3.63, 3.8) is 0 Å². The standard InChI is InChI=1S/C22H24O4/c23-19-9-7-10-20-21(19)18(8-5-3-1-2-4-6-15-26-20)16-11-13-17(14-12-16)22(24)25/h7-14,23H,1-6,15H2,(H,24,25)/b18-8-. The van der Waals surface area contributed by atoms with Gasteiger partial charge in [-0.05, 0) is 54.7 Å². The maximum Gasteiger partial charge on any atom is 0.335 e. The molecule has 0 amide bonds. The van der Waals surface area contributed by atoms with Crippen LogP contribution in [-0.2, 0) is 0 Å². The molecule has 1 aliphatic heterocycles. The summed E-state index contributed by atoms with van der Waals surface area (Å²) < 4.78 is 5.96. The van der Waals surface area contributed by atoms with Crippen molar-refractivity contribution < 1.29 is 19.7 Å². The Morgan fingerprint density at radius 3 is 2.42 bits per heavy atom. The Bertz CT molecular complexity index is 790. The van der Waals surface area contributed by atoms with Gasteiger partial charge in [-0.3, -0.25) is 0 Å². The highest BCUT2D eigenvalue weighted by atomic mass is 16.5. The summed E-state index contributed by atoms with van der Waals surface area (Å²) in [6, 6.07) is 12.1. The number of phenolic OH excluding ortho intramolecular Hbond substituents is 1. The van der Waals surface area contributed by atoms with E-state index < -0.39 is 5.97 Å². The van der Waals surface area contributed by atoms with Gasteiger partial charge in [0.15, 0.2) is 0 Å². The van der Waals surface area contributed by atoms with Gasteiger partial charge in [-0.15, -0.1) is 0 Å². The van der Waals surface area contributed by atoms with Crippen LogP contribution in [0, 0.1) is 0 Å². The van der Waals surface area contributed by atoms with Gasteiger partial charge in [0.05, 0.1) is 17.7 Å². The maximum atomic E-state index is 11.1. The van der Waals surface area contributed by atoms with Crippen LogP contribution < -0.4 is 4.74 Å². The van der Waals surface area contributed by atoms with Crippen LogP contribution in [0.15, 0.2) is 48.5 Å². The molecule has 0 atom stereocenters. The fraction of sp³-hybridized carbons (Fsp3) is 0.318. The van der Waals surface area contributed by atoms with Crippen LogP contribution >= 0.6 is 0 Å². The number of carboxylic acid groups (broad SMARTS) is 1. The molecule has 0 fully saturated rings. The molecule has 0 bridgehead atoms. The number of rotatable bonds is 2. The van der Waals surface area contributed by atoms with Gasteiger partial charge in [-0.2, -0.15) is 0 Å². The second-order valence-corrected chi connectivity index (χ2v) is 6.56. The van der Waals surface area contributed by atoms with E-state index in [1.807, 2.05) is 6.07 Å². The first kappa shape index (κ1) is 18.1. The predicted molar refractivity (Wildman–Crippen MR) is 102 cm³/mol. The summed E-state index contributed by atoms with van der Waals surface area (Å²) in [6.45, 7) is 0.627. The number of allylic oxidation sites excluding steroid dienone is 1. The molecule has 1 heterocycles. The molecule has 0 aromatic heterocycles. The van der Waals surface area contributed by atoms with E-state index in [1.165, 1.54) is 12.8 Å². The molecule has 0 spiro atoms. The Balaban J connectivity index is 2.06. The third-order valence-corrected chi connectivity index (χ3v) is 4.67. The zero-order valence-corrected chi connectivity index (χ0v) is 14.8. The lowest BCUT2D eigenvalue weighted by Crippen LogP contribution is -2.02. The molecule has 2 aromatic rings. The van der Waals surface area contributed by atoms with Crippen molar-refractivity contribution in [3.05, 3.63) is 65.2 Å². The van der Waals surface area contributed by atoms with Crippen molar-refractivity contribution in [2.75, 3.05) is 6.61 Å². The number of ether oxygens (including phenoxy) is 1. The highest BCUT2D eigenvalue weighted by molar-refractivity contribution is 5.90. The van der Waals surface area contributed by atoms with Crippen LogP contribution in [0.2, 0.25) is 0 Å². The number of carboxylic acids is 1. The molecular formula is C22H24O4. The highest BCUT2D eigenvalue weighted by Gasteiger charge is 2.17. The van der Waals surface area contributed by atoms with Crippen molar-refractivity contribution in [3.8, 4) is 11.5 Å². The van der Waals surface area contributed by atoms with E-state index in [0.29, 0.717) is 17.9 Å². The van der Waals surface area contributed by atoms with E-state index in [1.54, 1.807) is 36.4 Å². The van der Waals surface area contributed by atoms with Gasteiger partial charge in [0.1, 0.15) is 11.5 Å². The van der Waals surface area contributed by atoms with Crippen LogP contribution in [0.5, 0.6) is 11.5 Å². The molecule has 4 nitrogen and oxygen atoms in total. The molecule has 2 N–H and O–H groups in total. The van der Waals surface area contributed by atoms with Crippen molar-refractivity contribution in [1.29, 1.82) is 0 Å². The molecule has 0 radical (unpaired) electrons. The van der Waals surface area contributed by atoms with Gasteiger partial charge in [-0.1, -0.05) is 43.5 Å². The monoisotopic (exact) mass is 352 g/mol. The third-order valence-electron chi connectivity index (χ3n) is 4.67. The van der Waals surface area contributed by atoms with Crippen LogP contribution in [-0.4, -0.2) is 22.8 Å². The van der Waals surface area contributed by atoms with Gasteiger partial charge in [0.25, 0.3) is 0 Å². The van der Waals surface area contributed by atoms with Crippen molar-refractivity contribution in [2.24, 2.45) is 0 Å². The number of phenols is 1. The fourth-order valence-electron chi connectivity index (χ4n) is 3.27. The summed E-state index contributed by atoms with van der Waals surface area (Å²) in [5.74, 6) is -0.108. The Hall–Kier alpha value is -2.75. The Labute approximate surface area is 153 Å². The number of benzene rings is 2. The molecule has 0 saturated carbocycles. The van der Waals surface area contributed by atoms with Crippen LogP contribution in [0.1, 0.15) is 60.0 Å². The van der Waals surface area contributed by atoms with Crippen LogP contribution in [0.4, 0.5) is 0 Å². The maximum absolute atomic E-state index is 11.1. The number of aromatic hydroxyl groups is 1. The van der Waals surface area contributed by atoms with E-state index in [0.717, 1.165) is 36.8 Å². The number of hydrogen-bond donors (Lipinski definition) is 2. The molecular weight excluding hydrogens is 328 g/mol. The smallest absolute Gasteiger partial charge is 0.335 e. The largest absolute Gasteiger partial charge is 0.507 e. The molecule has 136 valence electrons. The van der Waals surface area contributed by atoms with Gasteiger partial charge in [0.2, 0.25) is 0 Å². The second-order valence-electron chi connectivity index (χ2n) is 6.56. The van der Waals surface area contributed by atoms with Gasteiger partial charge in [-0.25, -0.2) is 4.79 Å². The predicted octanol–water partition coefficient (Wildman–Crippen LogP) is 5.26. The first-order valence-electron chi connectivity index (χ1n) is 9.16. The Morgan fingerprint density at radius 2 is 1.65 bits per heavy atom. The quantitative estimate of drug-likeness (QED) is 0.774. The molecule has 1 aliphatic rings. The summed E-state index contributed by atoms with van der Waals surface area (Å²) in [6.07, 6.45) is 8.66. The zero-order valence-electron chi connectivity index (χ0n) is 14.8. The SMILES string of the molecule is O=C(O)c1ccc(/C2=C/CCCCCCCOc3cccc(O)c32)cc1. The van der Waals surface area contributed by atoms with Crippen LogP contribution in [0.25, 0.3) is 5.57 Å². The van der Waals surface area contributed by atoms with Gasteiger partial charge in [0, 0.05) is 0 Å². The van der Waals surface area contributed by atoms with Gasteiger partial charge >= 0.3 is 5.97 Å². The number of aromatic carboxylic acids is 1. The van der Waals surface area contributed by atoms with Crippen molar-refractivity contribution in [2.45, 2.75) is 38.5 Å². The Morgan fingerprint density at radius 1 is 0.923 bits per heavy atom. The first-order valence-corrected chi connectivity index (χ1v) is 9.16. The summed E-state index contributed by atoms with van der Waals surface area (Å²) in [4.78, 5) is 11.1. The first-order chi connectivity index (χ1) is 12.7. The molecule has 3 rings (SSSR count). The summed E-state index contributed by atoms with van der Waals surface area (Å²) in [5.41, 5.74) is 2.68. The topological polar surface area (TPSA) is 66.8 Å². The van der Waals surface area contributed by atoms with Gasteiger partial charge < -0.3 is 14.9 Å². The zero-order chi connectivity index (χ0) is 18.4. The molecule has 2 aromatic carbocycles. The average Bonchev–Trinajstić information content (AvgIpc) is 2.63. The highest BCUT2D eigenvalue weighted by Crippen LogP contribution is 2.38. The second kappa shape index (κ2) is 8.56. The normalized spacial score (nSPS) is 17.6. The fourth-order valence-corrected chi connectivity index (χ4v) is 3.27. The number of hydrogen-bond acceptors (Lipinski definition) is 3. The molecule has 0 aliphatic carbocycles. The van der Waals surface area contributed by atoms with E-state index >= 15 is 0 Å². The number of fused-ring (bicyclic) bond motifs is 1. The summed E-state index contributed by atoms with van der Waals surface area (Å²) in [7, 11) is 0. The molecule has 4 heteroatoms. The summed E-state index contributed by atoms with van der Waals surface area (Å²) in [5, 5.41) is 19.6. The lowest BCUT2D eigenvalue weighted by atomic mass is 9.93. The van der Waals surface area contributed by atoms with Crippen molar-refractivity contribution in [1.82, 2.24) is 0 Å². The summed E-state index contributed by atoms with van der Waals surface area (Å²) >= 11 is 0. The third kappa shape index (κ3) is 4.26. The number of carbonyl (C=O) groups is 1. The van der Waals surface area contributed by atoms with E-state index in [4.69, 9.17) is 9.84 Å². The molecule has 26 heavy (non-hydrogen) atoms. The molecule has 0 unspecified atom stereocenters. The minimum absolute atomic E-state index is 0.174. The lowest BCUT2D eigenvalue weighted by Gasteiger charge is -2.17. The van der Waals surface area contributed by atoms with E-state index in [9.17, 15) is 9.90 Å². The minimum Gasteiger partial charge on any atom is -0.507 e.